The lowest BCUT2D eigenvalue weighted by atomic mass is 10.2. The molecule has 0 saturated carbocycles. The molecule has 4 nitrogen and oxygen atoms in total. The Morgan fingerprint density at radius 1 is 0.565 bits per heavy atom. The molecule has 0 amide bonds. The van der Waals surface area contributed by atoms with E-state index >= 15 is 0 Å². The van der Waals surface area contributed by atoms with Gasteiger partial charge in [-0.2, -0.15) is 0 Å². The predicted octanol–water partition coefficient (Wildman–Crippen LogP) is 5.00. The highest BCUT2D eigenvalue weighted by Crippen LogP contribution is 2.30. The second kappa shape index (κ2) is 9.42. The van der Waals surface area contributed by atoms with Crippen LogP contribution < -0.4 is 5.73 Å². The first-order valence-electron chi connectivity index (χ1n) is 8.99. The van der Waals surface area contributed by atoms with Crippen LogP contribution in [0.4, 0.5) is 0 Å². The lowest BCUT2D eigenvalue weighted by molar-refractivity contribution is 0.250. The number of nitrogens with two attached hydrogens (primary N) is 1. The summed E-state index contributed by atoms with van der Waals surface area (Å²) in [5, 5.41) is 0. The minimum Gasteiger partial charge on any atom is -0.417 e. The van der Waals surface area contributed by atoms with Crippen molar-refractivity contribution in [3.05, 3.63) is 0 Å². The van der Waals surface area contributed by atoms with E-state index in [1.54, 1.807) is 0 Å². The molecule has 0 atom stereocenters. The van der Waals surface area contributed by atoms with Gasteiger partial charge in [0.05, 0.1) is 0 Å². The third-order valence-electron chi connectivity index (χ3n) is 2.82. The molecule has 0 radical (unpaired) electrons. The molecule has 140 valence electrons. The molecule has 0 unspecified atom stereocenters. The molecule has 2 N–H and O–H groups in total. The van der Waals surface area contributed by atoms with Gasteiger partial charge in [0.1, 0.15) is 0 Å². The van der Waals surface area contributed by atoms with E-state index < -0.39 is 33.8 Å². The van der Waals surface area contributed by atoms with Gasteiger partial charge in [0, 0.05) is 6.04 Å². The number of hydrogen-bond acceptors (Lipinski definition) is 4. The lowest BCUT2D eigenvalue weighted by Crippen LogP contribution is -2.60. The molecule has 0 aliphatic heterocycles. The van der Waals surface area contributed by atoms with Gasteiger partial charge < -0.3 is 18.1 Å². The zero-order valence-corrected chi connectivity index (χ0v) is 21.0. The summed E-state index contributed by atoms with van der Waals surface area (Å²) in [6.45, 7) is 20.9. The topological polar surface area (TPSA) is 53.7 Å². The molecule has 0 aromatic carbocycles. The van der Waals surface area contributed by atoms with Crippen LogP contribution in [0.25, 0.3) is 0 Å². The van der Waals surface area contributed by atoms with Crippen LogP contribution in [0.15, 0.2) is 0 Å². The Hall–Kier alpha value is 0.708. The normalized spacial score (nSPS) is 14.3. The highest BCUT2D eigenvalue weighted by Gasteiger charge is 2.49. The van der Waals surface area contributed by atoms with Gasteiger partial charge in [0.2, 0.25) is 0 Å². The van der Waals surface area contributed by atoms with E-state index in [1.165, 1.54) is 12.8 Å². The molecule has 0 aromatic rings. The standard InChI is InChI=1S/C15H41NO3Si4/c1-20(2,3)17-23(18-21(4,5)6,19-22(7,8)9)15-13-11-10-12-14-16/h10-16H2,1-9H3. The average Bonchev–Trinajstić information content (AvgIpc) is 2.20. The molecule has 8 heteroatoms. The Bertz CT molecular complexity index is 294. The molecule has 0 aliphatic rings. The summed E-state index contributed by atoms with van der Waals surface area (Å²) < 4.78 is 20.0. The van der Waals surface area contributed by atoms with Gasteiger partial charge in [0.15, 0.2) is 25.0 Å². The highest BCUT2D eigenvalue weighted by molar-refractivity contribution is 6.90. The summed E-state index contributed by atoms with van der Waals surface area (Å²) in [5.74, 6) is 0. The third kappa shape index (κ3) is 13.7. The van der Waals surface area contributed by atoms with Crippen LogP contribution >= 0.6 is 0 Å². The Kier molecular flexibility index (Phi) is 9.71. The predicted molar refractivity (Wildman–Crippen MR) is 111 cm³/mol. The minimum atomic E-state index is -2.61. The SMILES string of the molecule is C[Si](C)(C)O[Si](CCCCCCN)(O[Si](C)(C)C)O[Si](C)(C)C. The maximum absolute atomic E-state index is 6.66. The average molecular weight is 396 g/mol. The molecular formula is C15H41NO3Si4. The Balaban J connectivity index is 5.21. The highest BCUT2D eigenvalue weighted by atomic mass is 28.5. The fraction of sp³-hybridized carbons (Fsp3) is 1.00. The van der Waals surface area contributed by atoms with Crippen LogP contribution in [0.2, 0.25) is 65.0 Å². The van der Waals surface area contributed by atoms with Crippen molar-refractivity contribution in [3.63, 3.8) is 0 Å². The fourth-order valence-corrected chi connectivity index (χ4v) is 17.2. The van der Waals surface area contributed by atoms with Crippen molar-refractivity contribution >= 4 is 33.8 Å². The van der Waals surface area contributed by atoms with E-state index in [0.29, 0.717) is 0 Å². The first-order chi connectivity index (χ1) is 10.2. The van der Waals surface area contributed by atoms with Crippen molar-refractivity contribution in [2.75, 3.05) is 6.54 Å². The van der Waals surface area contributed by atoms with Gasteiger partial charge in [-0.1, -0.05) is 12.8 Å². The Labute approximate surface area is 149 Å². The van der Waals surface area contributed by atoms with Gasteiger partial charge >= 0.3 is 8.80 Å². The molecular weight excluding hydrogens is 355 g/mol. The summed E-state index contributed by atoms with van der Waals surface area (Å²) in [4.78, 5) is 0. The summed E-state index contributed by atoms with van der Waals surface area (Å²) in [6, 6.07) is 0.955. The minimum absolute atomic E-state index is 0.783. The van der Waals surface area contributed by atoms with Crippen molar-refractivity contribution in [2.45, 2.75) is 90.7 Å². The zero-order chi connectivity index (χ0) is 18.4. The quantitative estimate of drug-likeness (QED) is 0.373. The van der Waals surface area contributed by atoms with E-state index in [2.05, 4.69) is 58.9 Å². The molecule has 0 aliphatic carbocycles. The third-order valence-corrected chi connectivity index (χ3v) is 14.9. The van der Waals surface area contributed by atoms with Crippen LogP contribution in [0, 0.1) is 0 Å². The Morgan fingerprint density at radius 3 is 1.22 bits per heavy atom. The molecule has 0 fully saturated rings. The molecule has 0 heterocycles. The largest absolute Gasteiger partial charge is 0.469 e. The van der Waals surface area contributed by atoms with Crippen LogP contribution in [0.5, 0.6) is 0 Å². The maximum Gasteiger partial charge on any atom is 0.469 e. The van der Waals surface area contributed by atoms with E-state index in [0.717, 1.165) is 25.4 Å². The first-order valence-corrected chi connectivity index (χ1v) is 21.1. The molecule has 0 rings (SSSR count). The van der Waals surface area contributed by atoms with Crippen molar-refractivity contribution in [1.29, 1.82) is 0 Å². The summed E-state index contributed by atoms with van der Waals surface area (Å²) in [7, 11) is -7.80. The number of unbranched alkanes of at least 4 members (excludes halogenated alkanes) is 3. The molecule has 23 heavy (non-hydrogen) atoms. The van der Waals surface area contributed by atoms with Crippen molar-refractivity contribution < 1.29 is 12.3 Å². The molecule has 0 bridgehead atoms. The number of rotatable bonds is 12. The monoisotopic (exact) mass is 395 g/mol. The van der Waals surface area contributed by atoms with Crippen LogP contribution in [-0.4, -0.2) is 40.3 Å². The second-order valence-corrected chi connectivity index (χ2v) is 26.3. The van der Waals surface area contributed by atoms with Crippen LogP contribution in [0.3, 0.4) is 0 Å². The Morgan fingerprint density at radius 2 is 0.913 bits per heavy atom. The zero-order valence-electron chi connectivity index (χ0n) is 17.0. The molecule has 0 aromatic heterocycles. The van der Waals surface area contributed by atoms with Crippen LogP contribution in [0.1, 0.15) is 25.7 Å². The van der Waals surface area contributed by atoms with E-state index in [-0.39, 0.29) is 0 Å². The molecule has 0 saturated heterocycles. The first kappa shape index (κ1) is 23.7. The van der Waals surface area contributed by atoms with E-state index in [1.807, 2.05) is 0 Å². The van der Waals surface area contributed by atoms with Crippen molar-refractivity contribution in [2.24, 2.45) is 5.73 Å². The second-order valence-electron chi connectivity index (χ2n) is 9.28. The summed E-state index contributed by atoms with van der Waals surface area (Å²) >= 11 is 0. The van der Waals surface area contributed by atoms with Gasteiger partial charge in [-0.3, -0.25) is 0 Å². The van der Waals surface area contributed by atoms with Gasteiger partial charge in [-0.15, -0.1) is 0 Å². The van der Waals surface area contributed by atoms with Crippen molar-refractivity contribution in [1.82, 2.24) is 0 Å². The van der Waals surface area contributed by atoms with E-state index in [4.69, 9.17) is 18.1 Å². The summed E-state index contributed by atoms with van der Waals surface area (Å²) in [5.41, 5.74) is 5.60. The van der Waals surface area contributed by atoms with Gasteiger partial charge in [0.25, 0.3) is 0 Å². The lowest BCUT2D eigenvalue weighted by Gasteiger charge is -2.43. The van der Waals surface area contributed by atoms with Crippen LogP contribution in [-0.2, 0) is 12.3 Å². The number of hydrogen-bond donors (Lipinski definition) is 1. The smallest absolute Gasteiger partial charge is 0.417 e. The fourth-order valence-electron chi connectivity index (χ4n) is 2.45. The molecule has 0 spiro atoms. The van der Waals surface area contributed by atoms with Gasteiger partial charge in [-0.05, 0) is 78.3 Å². The maximum atomic E-state index is 6.66. The van der Waals surface area contributed by atoms with Gasteiger partial charge in [-0.25, -0.2) is 0 Å². The van der Waals surface area contributed by atoms with Crippen molar-refractivity contribution in [3.8, 4) is 0 Å². The summed E-state index contributed by atoms with van der Waals surface area (Å²) in [6.07, 6.45) is 4.60. The van der Waals surface area contributed by atoms with E-state index in [9.17, 15) is 0 Å².